The van der Waals surface area contributed by atoms with Crippen molar-refractivity contribution in [3.63, 3.8) is 0 Å². The van der Waals surface area contributed by atoms with Crippen LogP contribution >= 0.6 is 0 Å². The van der Waals surface area contributed by atoms with Crippen molar-refractivity contribution >= 4 is 5.97 Å². The van der Waals surface area contributed by atoms with Crippen LogP contribution in [-0.2, 0) is 9.53 Å². The summed E-state index contributed by atoms with van der Waals surface area (Å²) in [6, 6.07) is 0. The van der Waals surface area contributed by atoms with E-state index in [4.69, 9.17) is 4.74 Å². The Kier molecular flexibility index (Phi) is 8.36. The molecule has 34 heavy (non-hydrogen) atoms. The van der Waals surface area contributed by atoms with Gasteiger partial charge in [-0.2, -0.15) is 0 Å². The van der Waals surface area contributed by atoms with E-state index in [9.17, 15) is 4.79 Å². The van der Waals surface area contributed by atoms with Gasteiger partial charge in [-0.15, -0.1) is 0 Å². The van der Waals surface area contributed by atoms with Crippen molar-refractivity contribution in [2.45, 2.75) is 137 Å². The summed E-state index contributed by atoms with van der Waals surface area (Å²) in [5, 5.41) is 0. The molecule has 0 N–H and O–H groups in total. The highest BCUT2D eigenvalue weighted by Crippen LogP contribution is 2.66. The standard InChI is InChI=1S/C32H52O2/c1-6-8-9-10-11-12-13-24-15-17-28-27-16-14-25-22-26(34-30(33)23(3)7-2)18-20-32(25,5)29(27)19-21-31(24,28)4/h7,14,24,26-29H,6,8-13,15-22H2,1-5H3/b23-7-/t24-,26+,27+,28-,29+,31-,32+/m1/s1. The van der Waals surface area contributed by atoms with Crippen LogP contribution < -0.4 is 0 Å². The number of unbranched alkanes of at least 4 members (excludes halogenated alkanes) is 5. The number of esters is 1. The first-order valence-corrected chi connectivity index (χ1v) is 14.9. The normalized spacial score (nSPS) is 39.6. The van der Waals surface area contributed by atoms with Crippen LogP contribution in [0.2, 0.25) is 0 Å². The van der Waals surface area contributed by atoms with Crippen molar-refractivity contribution in [3.05, 3.63) is 23.3 Å². The van der Waals surface area contributed by atoms with Crippen molar-refractivity contribution in [3.8, 4) is 0 Å². The molecule has 0 bridgehead atoms. The number of ether oxygens (including phenoxy) is 1. The van der Waals surface area contributed by atoms with E-state index < -0.39 is 0 Å². The SMILES string of the molecule is C/C=C(/C)C(=O)O[C@H]1CC[C@@]2(C)C(=CC[C@H]3[C@H]4CC[C@@H](CCCCCCCC)[C@@]4(C)CC[C@@H]32)C1. The first kappa shape index (κ1) is 26.0. The summed E-state index contributed by atoms with van der Waals surface area (Å²) in [6.45, 7) is 11.3. The second-order valence-electron chi connectivity index (χ2n) is 12.9. The van der Waals surface area contributed by atoms with E-state index in [-0.39, 0.29) is 12.1 Å². The maximum absolute atomic E-state index is 12.3. The van der Waals surface area contributed by atoms with Gasteiger partial charge in [0.1, 0.15) is 6.10 Å². The number of hydrogen-bond donors (Lipinski definition) is 0. The Hall–Kier alpha value is -1.05. The topological polar surface area (TPSA) is 26.3 Å². The number of carbonyl (C=O) groups excluding carboxylic acids is 1. The van der Waals surface area contributed by atoms with Gasteiger partial charge in [0.05, 0.1) is 0 Å². The molecule has 7 atom stereocenters. The molecule has 0 aromatic heterocycles. The molecule has 2 nitrogen and oxygen atoms in total. The van der Waals surface area contributed by atoms with Crippen LogP contribution in [0, 0.1) is 34.5 Å². The van der Waals surface area contributed by atoms with E-state index in [0.29, 0.717) is 10.8 Å². The Bertz CT molecular complexity index is 778. The number of hydrogen-bond acceptors (Lipinski definition) is 2. The second kappa shape index (κ2) is 10.9. The summed E-state index contributed by atoms with van der Waals surface area (Å²) in [5.41, 5.74) is 3.26. The Morgan fingerprint density at radius 2 is 1.79 bits per heavy atom. The predicted octanol–water partition coefficient (Wildman–Crippen LogP) is 9.19. The summed E-state index contributed by atoms with van der Waals surface area (Å²) in [5.74, 6) is 3.49. The van der Waals surface area contributed by atoms with Gasteiger partial charge >= 0.3 is 5.97 Å². The lowest BCUT2D eigenvalue weighted by Gasteiger charge is -2.58. The van der Waals surface area contributed by atoms with Crippen molar-refractivity contribution in [2.75, 3.05) is 0 Å². The van der Waals surface area contributed by atoms with Gasteiger partial charge in [0.2, 0.25) is 0 Å². The number of allylic oxidation sites excluding steroid dienone is 2. The molecule has 2 heteroatoms. The average molecular weight is 469 g/mol. The van der Waals surface area contributed by atoms with Gasteiger partial charge in [-0.3, -0.25) is 0 Å². The molecule has 0 spiro atoms. The largest absolute Gasteiger partial charge is 0.459 e. The maximum Gasteiger partial charge on any atom is 0.333 e. The highest BCUT2D eigenvalue weighted by Gasteiger charge is 2.58. The molecule has 4 aliphatic carbocycles. The van der Waals surface area contributed by atoms with E-state index in [0.717, 1.165) is 42.1 Å². The van der Waals surface area contributed by atoms with Crippen LogP contribution in [0.1, 0.15) is 131 Å². The van der Waals surface area contributed by atoms with E-state index in [2.05, 4.69) is 26.8 Å². The van der Waals surface area contributed by atoms with Gasteiger partial charge < -0.3 is 4.74 Å². The molecule has 0 amide bonds. The van der Waals surface area contributed by atoms with Crippen molar-refractivity contribution in [1.29, 1.82) is 0 Å². The monoisotopic (exact) mass is 468 g/mol. The van der Waals surface area contributed by atoms with Crippen LogP contribution in [0.25, 0.3) is 0 Å². The van der Waals surface area contributed by atoms with Crippen LogP contribution in [-0.4, -0.2) is 12.1 Å². The minimum Gasteiger partial charge on any atom is -0.459 e. The molecule has 4 rings (SSSR count). The van der Waals surface area contributed by atoms with Gasteiger partial charge in [-0.05, 0) is 99.7 Å². The van der Waals surface area contributed by atoms with Crippen molar-refractivity contribution in [2.24, 2.45) is 34.5 Å². The van der Waals surface area contributed by atoms with E-state index in [1.165, 1.54) is 83.5 Å². The number of fused-ring (bicyclic) bond motifs is 5. The molecule has 0 aliphatic heterocycles. The van der Waals surface area contributed by atoms with E-state index >= 15 is 0 Å². The van der Waals surface area contributed by atoms with Crippen LogP contribution in [0.3, 0.4) is 0 Å². The molecule has 3 saturated carbocycles. The molecular weight excluding hydrogens is 416 g/mol. The molecule has 0 saturated heterocycles. The lowest BCUT2D eigenvalue weighted by Crippen LogP contribution is -2.50. The first-order chi connectivity index (χ1) is 16.3. The molecule has 4 aliphatic rings. The summed E-state index contributed by atoms with van der Waals surface area (Å²) in [4.78, 5) is 12.3. The lowest BCUT2D eigenvalue weighted by molar-refractivity contribution is -0.146. The summed E-state index contributed by atoms with van der Waals surface area (Å²) >= 11 is 0. The quantitative estimate of drug-likeness (QED) is 0.146. The fourth-order valence-corrected chi connectivity index (χ4v) is 8.84. The fraction of sp³-hybridized carbons (Fsp3) is 0.844. The Labute approximate surface area is 210 Å². The molecule has 0 heterocycles. The summed E-state index contributed by atoms with van der Waals surface area (Å²) in [6.07, 6.45) is 24.8. The minimum atomic E-state index is -0.124. The van der Waals surface area contributed by atoms with Gasteiger partial charge in [0.15, 0.2) is 0 Å². The third-order valence-corrected chi connectivity index (χ3v) is 11.2. The smallest absolute Gasteiger partial charge is 0.333 e. The number of carbonyl (C=O) groups is 1. The van der Waals surface area contributed by atoms with Crippen molar-refractivity contribution < 1.29 is 9.53 Å². The zero-order chi connectivity index (χ0) is 24.3. The predicted molar refractivity (Wildman–Crippen MR) is 142 cm³/mol. The molecule has 0 aromatic rings. The zero-order valence-corrected chi connectivity index (χ0v) is 23.0. The van der Waals surface area contributed by atoms with Gasteiger partial charge in [-0.1, -0.05) is 77.0 Å². The molecular formula is C32H52O2. The Morgan fingerprint density at radius 1 is 1.03 bits per heavy atom. The van der Waals surface area contributed by atoms with E-state index in [1.54, 1.807) is 5.57 Å². The third-order valence-electron chi connectivity index (χ3n) is 11.2. The summed E-state index contributed by atoms with van der Waals surface area (Å²) in [7, 11) is 0. The first-order valence-electron chi connectivity index (χ1n) is 14.9. The van der Waals surface area contributed by atoms with Crippen LogP contribution in [0.4, 0.5) is 0 Å². The van der Waals surface area contributed by atoms with Gasteiger partial charge in [0.25, 0.3) is 0 Å². The highest BCUT2D eigenvalue weighted by atomic mass is 16.5. The van der Waals surface area contributed by atoms with Crippen molar-refractivity contribution in [1.82, 2.24) is 0 Å². The minimum absolute atomic E-state index is 0.0697. The van der Waals surface area contributed by atoms with Gasteiger partial charge in [0, 0.05) is 12.0 Å². The zero-order valence-electron chi connectivity index (χ0n) is 23.0. The van der Waals surface area contributed by atoms with Crippen LogP contribution in [0.15, 0.2) is 23.3 Å². The second-order valence-corrected chi connectivity index (χ2v) is 12.9. The average Bonchev–Trinajstić information content (AvgIpc) is 3.17. The lowest BCUT2D eigenvalue weighted by atomic mass is 9.47. The Morgan fingerprint density at radius 3 is 2.56 bits per heavy atom. The molecule has 0 unspecified atom stereocenters. The molecule has 0 aromatic carbocycles. The fourth-order valence-electron chi connectivity index (χ4n) is 8.84. The number of rotatable bonds is 9. The summed E-state index contributed by atoms with van der Waals surface area (Å²) < 4.78 is 5.89. The molecule has 0 radical (unpaired) electrons. The highest BCUT2D eigenvalue weighted by molar-refractivity contribution is 5.87. The molecule has 3 fully saturated rings. The Balaban J connectivity index is 1.38. The third kappa shape index (κ3) is 4.94. The van der Waals surface area contributed by atoms with Crippen LogP contribution in [0.5, 0.6) is 0 Å². The van der Waals surface area contributed by atoms with E-state index in [1.807, 2.05) is 19.9 Å². The van der Waals surface area contributed by atoms with Gasteiger partial charge in [-0.25, -0.2) is 4.79 Å². The maximum atomic E-state index is 12.3. The molecule has 192 valence electrons.